The van der Waals surface area contributed by atoms with Crippen molar-refractivity contribution in [3.8, 4) is 17.1 Å². The monoisotopic (exact) mass is 433 g/mol. The zero-order valence-electron chi connectivity index (χ0n) is 15.4. The number of ether oxygens (including phenoxy) is 1. The summed E-state index contributed by atoms with van der Waals surface area (Å²) in [6.07, 6.45) is 0. The first-order valence-corrected chi connectivity index (χ1v) is 9.61. The molecule has 0 fully saturated rings. The number of rotatable bonds is 7. The Balaban J connectivity index is 1.64. The number of halogens is 1. The molecule has 0 bridgehead atoms. The molecule has 1 aromatic heterocycles. The third-order valence-corrected chi connectivity index (χ3v) is 5.17. The second kappa shape index (κ2) is 8.93. The van der Waals surface area contributed by atoms with E-state index in [1.54, 1.807) is 14.0 Å². The van der Waals surface area contributed by atoms with Crippen LogP contribution >= 0.6 is 23.4 Å². The molecule has 2 aromatic carbocycles. The van der Waals surface area contributed by atoms with Crippen LogP contribution in [0, 0.1) is 10.1 Å². The van der Waals surface area contributed by atoms with Gasteiger partial charge in [0.15, 0.2) is 5.82 Å². The maximum atomic E-state index is 12.4. The fourth-order valence-electron chi connectivity index (χ4n) is 2.34. The summed E-state index contributed by atoms with van der Waals surface area (Å²) >= 11 is 7.18. The lowest BCUT2D eigenvalue weighted by molar-refractivity contribution is -0.384. The van der Waals surface area contributed by atoms with Gasteiger partial charge in [0.05, 0.1) is 28.0 Å². The van der Waals surface area contributed by atoms with Crippen molar-refractivity contribution in [3.05, 3.63) is 57.6 Å². The van der Waals surface area contributed by atoms with Crippen LogP contribution in [-0.4, -0.2) is 38.4 Å². The highest BCUT2D eigenvalue weighted by molar-refractivity contribution is 8.00. The van der Waals surface area contributed by atoms with Gasteiger partial charge in [-0.3, -0.25) is 20.0 Å². The number of hydrogen-bond donors (Lipinski definition) is 2. The van der Waals surface area contributed by atoms with Crippen molar-refractivity contribution in [3.63, 3.8) is 0 Å². The number of H-pyrrole nitrogens is 1. The van der Waals surface area contributed by atoms with Gasteiger partial charge in [-0.15, -0.1) is 5.10 Å². The Morgan fingerprint density at radius 2 is 2.03 bits per heavy atom. The third kappa shape index (κ3) is 5.04. The molecule has 0 aliphatic carbocycles. The van der Waals surface area contributed by atoms with Crippen LogP contribution in [0.1, 0.15) is 6.92 Å². The number of anilines is 1. The summed E-state index contributed by atoms with van der Waals surface area (Å²) in [7, 11) is 1.59. The number of carbonyl (C=O) groups is 1. The van der Waals surface area contributed by atoms with Crippen LogP contribution in [0.3, 0.4) is 0 Å². The van der Waals surface area contributed by atoms with Crippen molar-refractivity contribution in [2.24, 2.45) is 0 Å². The van der Waals surface area contributed by atoms with Crippen molar-refractivity contribution in [2.75, 3.05) is 12.4 Å². The van der Waals surface area contributed by atoms with E-state index in [2.05, 4.69) is 20.5 Å². The first-order chi connectivity index (χ1) is 13.9. The number of non-ortho nitro benzene ring substituents is 1. The number of hydrogen-bond acceptors (Lipinski definition) is 7. The highest BCUT2D eigenvalue weighted by atomic mass is 35.5. The lowest BCUT2D eigenvalue weighted by atomic mass is 10.2. The average molecular weight is 434 g/mol. The van der Waals surface area contributed by atoms with Crippen LogP contribution in [0.2, 0.25) is 5.02 Å². The number of benzene rings is 2. The minimum atomic E-state index is -0.556. The number of aromatic amines is 1. The van der Waals surface area contributed by atoms with E-state index < -0.39 is 10.2 Å². The topological polar surface area (TPSA) is 123 Å². The van der Waals surface area contributed by atoms with Crippen LogP contribution in [-0.2, 0) is 4.79 Å². The summed E-state index contributed by atoms with van der Waals surface area (Å²) in [5.74, 6) is 0.973. The van der Waals surface area contributed by atoms with E-state index >= 15 is 0 Å². The van der Waals surface area contributed by atoms with Crippen LogP contribution in [0.4, 0.5) is 11.4 Å². The van der Waals surface area contributed by atoms with E-state index in [-0.39, 0.29) is 16.6 Å². The lowest BCUT2D eigenvalue weighted by Crippen LogP contribution is -2.22. The molecule has 11 heteroatoms. The van der Waals surface area contributed by atoms with Crippen LogP contribution in [0.5, 0.6) is 5.75 Å². The first-order valence-electron chi connectivity index (χ1n) is 8.35. The molecule has 3 aromatic rings. The predicted octanol–water partition coefficient (Wildman–Crippen LogP) is 4.16. The van der Waals surface area contributed by atoms with E-state index in [0.29, 0.717) is 16.7 Å². The first kappa shape index (κ1) is 20.6. The minimum Gasteiger partial charge on any atom is -0.497 e. The van der Waals surface area contributed by atoms with Gasteiger partial charge < -0.3 is 10.1 Å². The van der Waals surface area contributed by atoms with Gasteiger partial charge in [0.1, 0.15) is 5.75 Å². The van der Waals surface area contributed by atoms with Crippen molar-refractivity contribution in [1.82, 2.24) is 15.2 Å². The Kier molecular flexibility index (Phi) is 6.35. The number of carbonyl (C=O) groups excluding carboxylic acids is 1. The van der Waals surface area contributed by atoms with Gasteiger partial charge in [-0.1, -0.05) is 23.4 Å². The molecule has 0 aliphatic rings. The number of methoxy groups -OCH3 is 1. The number of amides is 1. The molecule has 0 saturated carbocycles. The summed E-state index contributed by atoms with van der Waals surface area (Å²) in [4.78, 5) is 27.0. The molecule has 3 rings (SSSR count). The Bertz CT molecular complexity index is 1040. The largest absolute Gasteiger partial charge is 0.497 e. The molecule has 0 saturated heterocycles. The smallest absolute Gasteiger partial charge is 0.271 e. The highest BCUT2D eigenvalue weighted by Crippen LogP contribution is 2.28. The quantitative estimate of drug-likeness (QED) is 0.325. The summed E-state index contributed by atoms with van der Waals surface area (Å²) < 4.78 is 5.13. The van der Waals surface area contributed by atoms with Crippen molar-refractivity contribution in [1.29, 1.82) is 0 Å². The molecule has 150 valence electrons. The zero-order valence-corrected chi connectivity index (χ0v) is 17.0. The fourth-order valence-corrected chi connectivity index (χ4v) is 3.29. The van der Waals surface area contributed by atoms with Crippen molar-refractivity contribution >= 4 is 40.6 Å². The molecule has 0 aliphatic heterocycles. The van der Waals surface area contributed by atoms with Crippen LogP contribution < -0.4 is 10.1 Å². The predicted molar refractivity (Wildman–Crippen MR) is 110 cm³/mol. The normalized spacial score (nSPS) is 11.7. The van der Waals surface area contributed by atoms with Gasteiger partial charge >= 0.3 is 0 Å². The second-order valence-corrected chi connectivity index (χ2v) is 7.58. The maximum Gasteiger partial charge on any atom is 0.271 e. The van der Waals surface area contributed by atoms with E-state index in [1.165, 1.54) is 30.0 Å². The number of aromatic nitrogens is 3. The zero-order chi connectivity index (χ0) is 21.0. The van der Waals surface area contributed by atoms with Gasteiger partial charge in [-0.05, 0) is 37.3 Å². The van der Waals surface area contributed by atoms with Gasteiger partial charge in [0, 0.05) is 17.7 Å². The number of nitro groups is 1. The second-order valence-electron chi connectivity index (χ2n) is 5.87. The SMILES string of the molecule is COc1ccc(-c2nc(S[C@H](C)C(=O)Nc3ccc([N+](=O)[O-])cc3Cl)n[nH]2)cc1. The molecule has 1 atom stereocenters. The molecule has 1 amide bonds. The highest BCUT2D eigenvalue weighted by Gasteiger charge is 2.19. The molecular weight excluding hydrogens is 418 g/mol. The Morgan fingerprint density at radius 1 is 1.31 bits per heavy atom. The summed E-state index contributed by atoms with van der Waals surface area (Å²) in [5, 5.41) is 20.4. The lowest BCUT2D eigenvalue weighted by Gasteiger charge is -2.11. The fraction of sp³-hybridized carbons (Fsp3) is 0.167. The van der Waals surface area contributed by atoms with Gasteiger partial charge in [0.25, 0.3) is 5.69 Å². The Hall–Kier alpha value is -3.11. The Morgan fingerprint density at radius 3 is 2.66 bits per heavy atom. The molecule has 0 spiro atoms. The summed E-state index contributed by atoms with van der Waals surface area (Å²) in [5.41, 5.74) is 0.978. The number of nitrogens with zero attached hydrogens (tertiary/aromatic N) is 3. The average Bonchev–Trinajstić information content (AvgIpc) is 3.17. The van der Waals surface area contributed by atoms with E-state index in [0.717, 1.165) is 11.3 Å². The molecule has 29 heavy (non-hydrogen) atoms. The molecule has 0 radical (unpaired) electrons. The van der Waals surface area contributed by atoms with Gasteiger partial charge in [-0.25, -0.2) is 4.98 Å². The van der Waals surface area contributed by atoms with Gasteiger partial charge in [0.2, 0.25) is 11.1 Å². The van der Waals surface area contributed by atoms with Crippen molar-refractivity contribution in [2.45, 2.75) is 17.3 Å². The molecule has 9 nitrogen and oxygen atoms in total. The van der Waals surface area contributed by atoms with Crippen LogP contribution in [0.25, 0.3) is 11.4 Å². The molecule has 1 heterocycles. The van der Waals surface area contributed by atoms with Gasteiger partial charge in [-0.2, -0.15) is 0 Å². The summed E-state index contributed by atoms with van der Waals surface area (Å²) in [6.45, 7) is 1.70. The van der Waals surface area contributed by atoms with E-state index in [4.69, 9.17) is 16.3 Å². The standard InChI is InChI=1S/C18H16ClN5O4S/c1-10(17(25)20-15-8-5-12(24(26)27)9-14(15)19)29-18-21-16(22-23-18)11-3-6-13(28-2)7-4-11/h3-10H,1-2H3,(H,20,25)(H,21,22,23)/t10-/m1/s1. The number of thioether (sulfide) groups is 1. The Labute approximate surface area is 175 Å². The van der Waals surface area contributed by atoms with E-state index in [9.17, 15) is 14.9 Å². The maximum absolute atomic E-state index is 12.4. The molecule has 2 N–H and O–H groups in total. The molecule has 0 unspecified atom stereocenters. The number of nitro benzene ring substituents is 1. The molecular formula is C18H16ClN5O4S. The summed E-state index contributed by atoms with van der Waals surface area (Å²) in [6, 6.07) is 11.2. The number of nitrogens with one attached hydrogen (secondary N) is 2. The van der Waals surface area contributed by atoms with Crippen LogP contribution in [0.15, 0.2) is 47.6 Å². The van der Waals surface area contributed by atoms with Crippen molar-refractivity contribution < 1.29 is 14.5 Å². The van der Waals surface area contributed by atoms with E-state index in [1.807, 2.05) is 24.3 Å². The minimum absolute atomic E-state index is 0.0874. The third-order valence-electron chi connectivity index (χ3n) is 3.90.